The Balaban J connectivity index is 2.03. The SMILES string of the molecule is OCC(CO)(CCCc1ccccc1)c1ccccc1. The summed E-state index contributed by atoms with van der Waals surface area (Å²) < 4.78 is 0. The molecule has 0 heterocycles. The van der Waals surface area contributed by atoms with Gasteiger partial charge in [-0.3, -0.25) is 0 Å². The number of hydrogen-bond donors (Lipinski definition) is 2. The van der Waals surface area contributed by atoms with Gasteiger partial charge in [0.25, 0.3) is 0 Å². The Morgan fingerprint density at radius 3 is 1.85 bits per heavy atom. The summed E-state index contributed by atoms with van der Waals surface area (Å²) in [6.45, 7) is -0.0510. The molecule has 2 aromatic rings. The molecule has 0 atom stereocenters. The molecule has 2 heteroatoms. The average Bonchev–Trinajstić information content (AvgIpc) is 2.54. The van der Waals surface area contributed by atoms with E-state index in [2.05, 4.69) is 12.1 Å². The Hall–Kier alpha value is -1.64. The highest BCUT2D eigenvalue weighted by Crippen LogP contribution is 2.29. The smallest absolute Gasteiger partial charge is 0.0550 e. The lowest BCUT2D eigenvalue weighted by Crippen LogP contribution is -2.35. The Morgan fingerprint density at radius 1 is 0.750 bits per heavy atom. The van der Waals surface area contributed by atoms with E-state index < -0.39 is 5.41 Å². The van der Waals surface area contributed by atoms with Gasteiger partial charge in [-0.15, -0.1) is 0 Å². The first-order valence-electron chi connectivity index (χ1n) is 7.12. The molecular weight excluding hydrogens is 248 g/mol. The van der Waals surface area contributed by atoms with Gasteiger partial charge in [0.2, 0.25) is 0 Å². The fourth-order valence-electron chi connectivity index (χ4n) is 2.60. The van der Waals surface area contributed by atoms with Gasteiger partial charge in [-0.25, -0.2) is 0 Å². The van der Waals surface area contributed by atoms with Gasteiger partial charge in [0.15, 0.2) is 0 Å². The van der Waals surface area contributed by atoms with Crippen molar-refractivity contribution in [2.24, 2.45) is 0 Å². The van der Waals surface area contributed by atoms with Gasteiger partial charge < -0.3 is 10.2 Å². The molecule has 2 rings (SSSR count). The van der Waals surface area contributed by atoms with E-state index in [0.29, 0.717) is 0 Å². The molecule has 0 aliphatic heterocycles. The Labute approximate surface area is 120 Å². The zero-order valence-corrected chi connectivity index (χ0v) is 11.7. The normalized spacial score (nSPS) is 11.5. The summed E-state index contributed by atoms with van der Waals surface area (Å²) in [6.07, 6.45) is 2.69. The van der Waals surface area contributed by atoms with Crippen LogP contribution in [0.25, 0.3) is 0 Å². The van der Waals surface area contributed by atoms with Gasteiger partial charge in [0.1, 0.15) is 0 Å². The van der Waals surface area contributed by atoms with Gasteiger partial charge in [-0.05, 0) is 30.4 Å². The van der Waals surface area contributed by atoms with Crippen LogP contribution in [0.15, 0.2) is 60.7 Å². The quantitative estimate of drug-likeness (QED) is 0.812. The van der Waals surface area contributed by atoms with Crippen LogP contribution in [0.5, 0.6) is 0 Å². The first-order valence-corrected chi connectivity index (χ1v) is 7.12. The summed E-state index contributed by atoms with van der Waals surface area (Å²) >= 11 is 0. The monoisotopic (exact) mass is 270 g/mol. The van der Waals surface area contributed by atoms with E-state index in [0.717, 1.165) is 24.8 Å². The minimum Gasteiger partial charge on any atom is -0.395 e. The van der Waals surface area contributed by atoms with Crippen LogP contribution in [0.3, 0.4) is 0 Å². The number of rotatable bonds is 7. The summed E-state index contributed by atoms with van der Waals surface area (Å²) in [5.41, 5.74) is 1.78. The first-order chi connectivity index (χ1) is 9.80. The fourth-order valence-corrected chi connectivity index (χ4v) is 2.60. The van der Waals surface area contributed by atoms with Crippen LogP contribution in [0, 0.1) is 0 Å². The molecule has 0 spiro atoms. The summed E-state index contributed by atoms with van der Waals surface area (Å²) in [7, 11) is 0. The molecule has 0 bridgehead atoms. The molecule has 0 amide bonds. The van der Waals surface area contributed by atoms with E-state index >= 15 is 0 Å². The molecule has 0 radical (unpaired) electrons. The van der Waals surface area contributed by atoms with Crippen LogP contribution in [0.2, 0.25) is 0 Å². The van der Waals surface area contributed by atoms with Gasteiger partial charge in [-0.1, -0.05) is 60.7 Å². The Kier molecular flexibility index (Phi) is 5.33. The lowest BCUT2D eigenvalue weighted by molar-refractivity contribution is 0.108. The van der Waals surface area contributed by atoms with Crippen molar-refractivity contribution in [3.8, 4) is 0 Å². The summed E-state index contributed by atoms with van der Waals surface area (Å²) in [5, 5.41) is 19.5. The molecule has 106 valence electrons. The maximum absolute atomic E-state index is 9.77. The van der Waals surface area contributed by atoms with E-state index in [1.807, 2.05) is 48.5 Å². The molecule has 2 aromatic carbocycles. The second-order valence-electron chi connectivity index (χ2n) is 5.30. The highest BCUT2D eigenvalue weighted by atomic mass is 16.3. The second kappa shape index (κ2) is 7.22. The number of benzene rings is 2. The molecule has 0 unspecified atom stereocenters. The van der Waals surface area contributed by atoms with Crippen molar-refractivity contribution in [1.82, 2.24) is 0 Å². The predicted octanol–water partition coefficient (Wildman–Crippen LogP) is 2.93. The van der Waals surface area contributed by atoms with Crippen LogP contribution < -0.4 is 0 Å². The van der Waals surface area contributed by atoms with Crippen LogP contribution >= 0.6 is 0 Å². The van der Waals surface area contributed by atoms with E-state index in [1.54, 1.807) is 0 Å². The number of hydrogen-bond acceptors (Lipinski definition) is 2. The number of aliphatic hydroxyl groups is 2. The van der Waals surface area contributed by atoms with Crippen molar-refractivity contribution in [3.63, 3.8) is 0 Å². The van der Waals surface area contributed by atoms with Crippen molar-refractivity contribution >= 4 is 0 Å². The third-order valence-electron chi connectivity index (χ3n) is 3.96. The third kappa shape index (κ3) is 3.47. The topological polar surface area (TPSA) is 40.5 Å². The lowest BCUT2D eigenvalue weighted by Gasteiger charge is -2.30. The van der Waals surface area contributed by atoms with Crippen LogP contribution in [-0.2, 0) is 11.8 Å². The molecule has 20 heavy (non-hydrogen) atoms. The number of aliphatic hydroxyl groups excluding tert-OH is 2. The zero-order valence-electron chi connectivity index (χ0n) is 11.7. The minimum atomic E-state index is -0.532. The summed E-state index contributed by atoms with van der Waals surface area (Å²) in [5.74, 6) is 0. The maximum Gasteiger partial charge on any atom is 0.0550 e. The standard InChI is InChI=1S/C18H22O2/c19-14-18(15-20,17-11-5-2-6-12-17)13-7-10-16-8-3-1-4-9-16/h1-6,8-9,11-12,19-20H,7,10,13-15H2. The molecular formula is C18H22O2. The Morgan fingerprint density at radius 2 is 1.30 bits per heavy atom. The fraction of sp³-hybridized carbons (Fsp3) is 0.333. The molecule has 0 aromatic heterocycles. The van der Waals surface area contributed by atoms with Gasteiger partial charge >= 0.3 is 0 Å². The zero-order chi connectivity index (χ0) is 14.3. The first kappa shape index (κ1) is 14.8. The van der Waals surface area contributed by atoms with E-state index in [-0.39, 0.29) is 13.2 Å². The molecule has 0 fully saturated rings. The Bertz CT molecular complexity index is 489. The van der Waals surface area contributed by atoms with Crippen molar-refractivity contribution in [2.75, 3.05) is 13.2 Å². The predicted molar refractivity (Wildman–Crippen MR) is 81.7 cm³/mol. The van der Waals surface area contributed by atoms with Crippen LogP contribution in [0.4, 0.5) is 0 Å². The lowest BCUT2D eigenvalue weighted by atomic mass is 9.77. The van der Waals surface area contributed by atoms with Crippen LogP contribution in [0.1, 0.15) is 24.0 Å². The van der Waals surface area contributed by atoms with Gasteiger partial charge in [0.05, 0.1) is 13.2 Å². The summed E-state index contributed by atoms with van der Waals surface area (Å²) in [6, 6.07) is 20.1. The number of aryl methyl sites for hydroxylation is 1. The minimum absolute atomic E-state index is 0.0255. The molecule has 0 aliphatic carbocycles. The van der Waals surface area contributed by atoms with Crippen molar-refractivity contribution in [1.29, 1.82) is 0 Å². The molecule has 2 nitrogen and oxygen atoms in total. The largest absolute Gasteiger partial charge is 0.395 e. The average molecular weight is 270 g/mol. The van der Waals surface area contributed by atoms with E-state index in [1.165, 1.54) is 5.56 Å². The molecule has 2 N–H and O–H groups in total. The molecule has 0 saturated carbocycles. The van der Waals surface area contributed by atoms with Gasteiger partial charge in [0, 0.05) is 5.41 Å². The van der Waals surface area contributed by atoms with Crippen molar-refractivity contribution < 1.29 is 10.2 Å². The second-order valence-corrected chi connectivity index (χ2v) is 5.30. The maximum atomic E-state index is 9.77. The van der Waals surface area contributed by atoms with Crippen molar-refractivity contribution in [3.05, 3.63) is 71.8 Å². The van der Waals surface area contributed by atoms with Gasteiger partial charge in [-0.2, -0.15) is 0 Å². The summed E-state index contributed by atoms with van der Waals surface area (Å²) in [4.78, 5) is 0. The molecule has 0 aliphatic rings. The highest BCUT2D eigenvalue weighted by Gasteiger charge is 2.30. The highest BCUT2D eigenvalue weighted by molar-refractivity contribution is 5.26. The van der Waals surface area contributed by atoms with E-state index in [9.17, 15) is 10.2 Å². The molecule has 0 saturated heterocycles. The van der Waals surface area contributed by atoms with E-state index in [4.69, 9.17) is 0 Å². The van der Waals surface area contributed by atoms with Crippen LogP contribution in [-0.4, -0.2) is 23.4 Å². The van der Waals surface area contributed by atoms with Crippen molar-refractivity contribution in [2.45, 2.75) is 24.7 Å². The third-order valence-corrected chi connectivity index (χ3v) is 3.96.